The molecule has 0 unspecified atom stereocenters. The van der Waals surface area contributed by atoms with Crippen LogP contribution in [0, 0.1) is 11.2 Å². The third-order valence-electron chi connectivity index (χ3n) is 6.39. The van der Waals surface area contributed by atoms with Crippen LogP contribution in [0.1, 0.15) is 50.1 Å². The quantitative estimate of drug-likeness (QED) is 0.531. The summed E-state index contributed by atoms with van der Waals surface area (Å²) in [5, 5.41) is 7.99. The van der Waals surface area contributed by atoms with Gasteiger partial charge in [0.05, 0.1) is 29.8 Å². The summed E-state index contributed by atoms with van der Waals surface area (Å²) in [5.74, 6) is -0.733. The van der Waals surface area contributed by atoms with Crippen molar-refractivity contribution in [1.82, 2.24) is 14.8 Å². The number of hydrogen-bond donors (Lipinski definition) is 0. The van der Waals surface area contributed by atoms with Gasteiger partial charge in [0.1, 0.15) is 12.4 Å². The van der Waals surface area contributed by atoms with Gasteiger partial charge in [-0.15, -0.1) is 11.3 Å². The van der Waals surface area contributed by atoms with Crippen molar-refractivity contribution in [3.63, 3.8) is 0 Å². The average Bonchev–Trinajstić information content (AvgIpc) is 3.52. The molecule has 1 fully saturated rings. The van der Waals surface area contributed by atoms with E-state index in [0.29, 0.717) is 44.7 Å². The minimum Gasteiger partial charge on any atom is -0.379 e. The van der Waals surface area contributed by atoms with Crippen molar-refractivity contribution < 1.29 is 18.7 Å². The summed E-state index contributed by atoms with van der Waals surface area (Å²) in [6.45, 7) is 10.0. The number of hydrazone groups is 1. The van der Waals surface area contributed by atoms with Crippen LogP contribution in [0.4, 0.5) is 4.39 Å². The highest BCUT2D eigenvalue weighted by Crippen LogP contribution is 2.35. The molecule has 1 saturated heterocycles. The molecule has 2 aliphatic heterocycles. The second-order valence-corrected chi connectivity index (χ2v) is 11.5. The lowest BCUT2D eigenvalue weighted by atomic mass is 9.91. The fourth-order valence-corrected chi connectivity index (χ4v) is 5.22. The Hall–Kier alpha value is -2.62. The van der Waals surface area contributed by atoms with Gasteiger partial charge in [0.25, 0.3) is 5.91 Å². The largest absolute Gasteiger partial charge is 0.379 e. The van der Waals surface area contributed by atoms with E-state index in [4.69, 9.17) is 4.74 Å². The van der Waals surface area contributed by atoms with Crippen LogP contribution in [0.5, 0.6) is 0 Å². The zero-order valence-corrected chi connectivity index (χ0v) is 22.1. The Morgan fingerprint density at radius 1 is 1.17 bits per heavy atom. The third kappa shape index (κ3) is 6.78. The van der Waals surface area contributed by atoms with Gasteiger partial charge in [0, 0.05) is 44.6 Å². The van der Waals surface area contributed by atoms with Crippen LogP contribution in [0.2, 0.25) is 0 Å². The smallest absolute Gasteiger partial charge is 0.262 e. The van der Waals surface area contributed by atoms with Crippen LogP contribution in [-0.2, 0) is 14.3 Å². The van der Waals surface area contributed by atoms with Gasteiger partial charge >= 0.3 is 0 Å². The molecule has 2 amide bonds. The number of carbonyl (C=O) groups excluding carboxylic acids is 2. The molecule has 0 saturated carbocycles. The van der Waals surface area contributed by atoms with Gasteiger partial charge in [-0.3, -0.25) is 14.5 Å². The maximum absolute atomic E-state index is 14.8. The maximum Gasteiger partial charge on any atom is 0.262 e. The lowest BCUT2D eigenvalue weighted by molar-refractivity contribution is -0.142. The summed E-state index contributed by atoms with van der Waals surface area (Å²) in [6, 6.07) is 9.86. The average molecular weight is 515 g/mol. The first-order chi connectivity index (χ1) is 17.2. The van der Waals surface area contributed by atoms with Crippen molar-refractivity contribution in [2.75, 3.05) is 45.9 Å². The second kappa shape index (κ2) is 11.6. The van der Waals surface area contributed by atoms with Gasteiger partial charge in [-0.05, 0) is 22.9 Å². The highest BCUT2D eigenvalue weighted by molar-refractivity contribution is 7.12. The zero-order valence-electron chi connectivity index (χ0n) is 21.3. The van der Waals surface area contributed by atoms with Gasteiger partial charge in [0.15, 0.2) is 0 Å². The maximum atomic E-state index is 14.8. The minimum absolute atomic E-state index is 0.0618. The monoisotopic (exact) mass is 514 g/mol. The molecule has 2 aliphatic rings. The summed E-state index contributed by atoms with van der Waals surface area (Å²) in [5.41, 5.74) is 0.986. The number of morpholine rings is 1. The predicted molar refractivity (Wildman–Crippen MR) is 139 cm³/mol. The molecule has 1 aromatic carbocycles. The van der Waals surface area contributed by atoms with Crippen LogP contribution in [-0.4, -0.2) is 78.3 Å². The van der Waals surface area contributed by atoms with E-state index in [1.807, 2.05) is 38.3 Å². The van der Waals surface area contributed by atoms with E-state index < -0.39 is 6.04 Å². The molecule has 0 radical (unpaired) electrons. The Labute approximate surface area is 216 Å². The van der Waals surface area contributed by atoms with E-state index >= 15 is 0 Å². The molecule has 0 aliphatic carbocycles. The van der Waals surface area contributed by atoms with Crippen LogP contribution in [0.25, 0.3) is 0 Å². The van der Waals surface area contributed by atoms with Crippen molar-refractivity contribution in [2.24, 2.45) is 10.5 Å². The molecule has 4 rings (SSSR count). The lowest BCUT2D eigenvalue weighted by Gasteiger charge is -2.32. The van der Waals surface area contributed by atoms with Crippen LogP contribution in [0.3, 0.4) is 0 Å². The van der Waals surface area contributed by atoms with E-state index in [-0.39, 0.29) is 29.6 Å². The SMILES string of the molecule is CC(C)(C)CC(=O)N(CCN1CCOCC1)CC(=O)N1N=C(c2cccs2)C[C@@H]1c1ccccc1F. The first-order valence-corrected chi connectivity index (χ1v) is 13.3. The summed E-state index contributed by atoms with van der Waals surface area (Å²) in [4.78, 5) is 31.8. The molecule has 0 spiro atoms. The number of benzene rings is 1. The molecular formula is C27H35FN4O3S. The number of thiophene rings is 1. The second-order valence-electron chi connectivity index (χ2n) is 10.5. The molecule has 0 N–H and O–H groups in total. The van der Waals surface area contributed by atoms with E-state index in [2.05, 4.69) is 10.0 Å². The standard InChI is InChI=1S/C27H35FN4O3S/c1-27(2,3)18-25(33)31(11-10-30-12-14-35-15-13-30)19-26(34)32-23(20-7-4-5-8-21(20)28)17-22(29-32)24-9-6-16-36-24/h4-9,16,23H,10-15,17-19H2,1-3H3/t23-/m1/s1. The predicted octanol–water partition coefficient (Wildman–Crippen LogP) is 4.16. The van der Waals surface area contributed by atoms with Crippen LogP contribution in [0.15, 0.2) is 46.9 Å². The van der Waals surface area contributed by atoms with E-state index in [1.54, 1.807) is 34.4 Å². The molecule has 36 heavy (non-hydrogen) atoms. The van der Waals surface area contributed by atoms with Gasteiger partial charge in [-0.25, -0.2) is 9.40 Å². The van der Waals surface area contributed by atoms with E-state index in [1.165, 1.54) is 11.1 Å². The highest BCUT2D eigenvalue weighted by Gasteiger charge is 2.36. The Balaban J connectivity index is 1.55. The number of rotatable bonds is 8. The molecule has 3 heterocycles. The number of hydrogen-bond acceptors (Lipinski definition) is 6. The zero-order chi connectivity index (χ0) is 25.7. The number of amides is 2. The highest BCUT2D eigenvalue weighted by atomic mass is 32.1. The Morgan fingerprint density at radius 3 is 2.58 bits per heavy atom. The van der Waals surface area contributed by atoms with Gasteiger partial charge in [0.2, 0.25) is 5.91 Å². The topological polar surface area (TPSA) is 65.5 Å². The molecule has 1 aromatic heterocycles. The Kier molecular flexibility index (Phi) is 8.54. The van der Waals surface area contributed by atoms with Crippen LogP contribution < -0.4 is 0 Å². The molecule has 9 heteroatoms. The van der Waals surface area contributed by atoms with Crippen molar-refractivity contribution in [2.45, 2.75) is 39.7 Å². The van der Waals surface area contributed by atoms with Gasteiger partial charge in [-0.1, -0.05) is 45.0 Å². The molecule has 194 valence electrons. The lowest BCUT2D eigenvalue weighted by Crippen LogP contribution is -2.47. The van der Waals surface area contributed by atoms with E-state index in [9.17, 15) is 14.0 Å². The van der Waals surface area contributed by atoms with Crippen molar-refractivity contribution in [1.29, 1.82) is 0 Å². The number of ether oxygens (including phenoxy) is 1. The normalized spacial score (nSPS) is 18.8. The Morgan fingerprint density at radius 2 is 1.92 bits per heavy atom. The van der Waals surface area contributed by atoms with Gasteiger partial charge < -0.3 is 9.64 Å². The number of carbonyl (C=O) groups is 2. The molecular weight excluding hydrogens is 479 g/mol. The van der Waals surface area contributed by atoms with Gasteiger partial charge in [-0.2, -0.15) is 5.10 Å². The van der Waals surface area contributed by atoms with Crippen molar-refractivity contribution >= 4 is 28.9 Å². The summed E-state index contributed by atoms with van der Waals surface area (Å²) >= 11 is 1.54. The van der Waals surface area contributed by atoms with Crippen molar-refractivity contribution in [3.8, 4) is 0 Å². The van der Waals surface area contributed by atoms with Crippen molar-refractivity contribution in [3.05, 3.63) is 58.0 Å². The fourth-order valence-electron chi connectivity index (χ4n) is 4.50. The molecule has 0 bridgehead atoms. The summed E-state index contributed by atoms with van der Waals surface area (Å²) < 4.78 is 20.2. The minimum atomic E-state index is -0.547. The number of halogens is 1. The molecule has 7 nitrogen and oxygen atoms in total. The first kappa shape index (κ1) is 26.4. The molecule has 1 atom stereocenters. The third-order valence-corrected chi connectivity index (χ3v) is 7.30. The van der Waals surface area contributed by atoms with E-state index in [0.717, 1.165) is 23.7 Å². The summed E-state index contributed by atoms with van der Waals surface area (Å²) in [6.07, 6.45) is 0.765. The summed E-state index contributed by atoms with van der Waals surface area (Å²) in [7, 11) is 0. The fraction of sp³-hybridized carbons (Fsp3) is 0.519. The molecule has 2 aromatic rings. The van der Waals surface area contributed by atoms with Crippen LogP contribution >= 0.6 is 11.3 Å². The number of nitrogens with zero attached hydrogens (tertiary/aromatic N) is 4. The first-order valence-electron chi connectivity index (χ1n) is 12.5. The Bertz CT molecular complexity index is 1080.